The Labute approximate surface area is 144 Å². The number of rotatable bonds is 6. The van der Waals surface area contributed by atoms with Gasteiger partial charge in [0.25, 0.3) is 0 Å². The number of piperidine rings is 1. The highest BCUT2D eigenvalue weighted by molar-refractivity contribution is 5.37. The lowest BCUT2D eigenvalue weighted by Gasteiger charge is -2.32. The van der Waals surface area contributed by atoms with Gasteiger partial charge in [-0.25, -0.2) is 0 Å². The molecule has 0 atom stereocenters. The molecule has 1 fully saturated rings. The Kier molecular flexibility index (Phi) is 5.53. The van der Waals surface area contributed by atoms with Crippen LogP contribution in [0, 0.1) is 6.92 Å². The molecule has 1 aromatic heterocycles. The van der Waals surface area contributed by atoms with Gasteiger partial charge in [-0.3, -0.25) is 10.00 Å². The molecule has 1 aliphatic heterocycles. The van der Waals surface area contributed by atoms with Crippen LogP contribution in [0.2, 0.25) is 0 Å². The van der Waals surface area contributed by atoms with E-state index in [1.54, 1.807) is 14.2 Å². The summed E-state index contributed by atoms with van der Waals surface area (Å²) >= 11 is 0. The van der Waals surface area contributed by atoms with Crippen LogP contribution in [0.3, 0.4) is 0 Å². The first kappa shape index (κ1) is 17.0. The van der Waals surface area contributed by atoms with Crippen LogP contribution < -0.4 is 4.74 Å². The molecule has 2 heterocycles. The van der Waals surface area contributed by atoms with Gasteiger partial charge >= 0.3 is 0 Å². The Morgan fingerprint density at radius 1 is 1.25 bits per heavy atom. The number of likely N-dealkylation sites (tertiary alicyclic amines) is 1. The second kappa shape index (κ2) is 7.81. The molecule has 5 heteroatoms. The molecule has 5 nitrogen and oxygen atoms in total. The fourth-order valence-electron chi connectivity index (χ4n) is 3.61. The van der Waals surface area contributed by atoms with Gasteiger partial charge in [0.2, 0.25) is 0 Å². The van der Waals surface area contributed by atoms with Crippen molar-refractivity contribution in [3.63, 3.8) is 0 Å². The maximum Gasteiger partial charge on any atom is 0.124 e. The number of nitrogens with one attached hydrogen (secondary N) is 1. The Balaban J connectivity index is 1.60. The molecular weight excluding hydrogens is 302 g/mol. The zero-order valence-corrected chi connectivity index (χ0v) is 14.8. The largest absolute Gasteiger partial charge is 0.496 e. The molecule has 0 aliphatic carbocycles. The van der Waals surface area contributed by atoms with Gasteiger partial charge in [-0.1, -0.05) is 6.07 Å². The SMILES string of the molecule is COCc1cc(CN2CCC(c3[nH]ncc3C)CC2)ccc1OC. The van der Waals surface area contributed by atoms with Gasteiger partial charge in [0, 0.05) is 30.8 Å². The fraction of sp³-hybridized carbons (Fsp3) is 0.526. The van der Waals surface area contributed by atoms with Crippen molar-refractivity contribution in [1.82, 2.24) is 15.1 Å². The Bertz CT molecular complexity index is 660. The number of ether oxygens (including phenoxy) is 2. The molecule has 0 amide bonds. The van der Waals surface area contributed by atoms with Crippen LogP contribution in [-0.2, 0) is 17.9 Å². The monoisotopic (exact) mass is 329 g/mol. The molecule has 1 aliphatic rings. The number of aryl methyl sites for hydroxylation is 1. The number of benzene rings is 1. The van der Waals surface area contributed by atoms with Crippen molar-refractivity contribution in [3.8, 4) is 5.75 Å². The van der Waals surface area contributed by atoms with Gasteiger partial charge in [-0.2, -0.15) is 5.10 Å². The molecule has 130 valence electrons. The van der Waals surface area contributed by atoms with Crippen LogP contribution in [-0.4, -0.2) is 42.4 Å². The quantitative estimate of drug-likeness (QED) is 0.884. The highest BCUT2D eigenvalue weighted by Crippen LogP contribution is 2.29. The summed E-state index contributed by atoms with van der Waals surface area (Å²) < 4.78 is 10.7. The molecule has 0 bridgehead atoms. The van der Waals surface area contributed by atoms with Crippen molar-refractivity contribution in [2.24, 2.45) is 0 Å². The van der Waals surface area contributed by atoms with Gasteiger partial charge in [0.05, 0.1) is 19.9 Å². The second-order valence-corrected chi connectivity index (χ2v) is 6.60. The Morgan fingerprint density at radius 2 is 2.04 bits per heavy atom. The van der Waals surface area contributed by atoms with Crippen LogP contribution in [0.15, 0.2) is 24.4 Å². The van der Waals surface area contributed by atoms with Crippen molar-refractivity contribution in [1.29, 1.82) is 0 Å². The van der Waals surface area contributed by atoms with E-state index < -0.39 is 0 Å². The number of hydrogen-bond acceptors (Lipinski definition) is 4. The minimum Gasteiger partial charge on any atom is -0.496 e. The summed E-state index contributed by atoms with van der Waals surface area (Å²) in [6.07, 6.45) is 4.30. The fourth-order valence-corrected chi connectivity index (χ4v) is 3.61. The van der Waals surface area contributed by atoms with Crippen LogP contribution in [0.5, 0.6) is 5.75 Å². The van der Waals surface area contributed by atoms with E-state index in [1.807, 2.05) is 12.3 Å². The van der Waals surface area contributed by atoms with Crippen LogP contribution >= 0.6 is 0 Å². The molecule has 1 aromatic carbocycles. The average Bonchev–Trinajstić information content (AvgIpc) is 3.02. The van der Waals surface area contributed by atoms with E-state index in [4.69, 9.17) is 9.47 Å². The first-order chi connectivity index (χ1) is 11.7. The molecule has 1 saturated heterocycles. The van der Waals surface area contributed by atoms with E-state index in [1.165, 1.54) is 29.7 Å². The Morgan fingerprint density at radius 3 is 2.67 bits per heavy atom. The summed E-state index contributed by atoms with van der Waals surface area (Å²) in [6.45, 7) is 5.94. The van der Waals surface area contributed by atoms with E-state index in [9.17, 15) is 0 Å². The van der Waals surface area contributed by atoms with Crippen LogP contribution in [0.4, 0.5) is 0 Å². The standard InChI is InChI=1S/C19H27N3O2/c1-14-11-20-21-19(14)16-6-8-22(9-7-16)12-15-4-5-18(24-3)17(10-15)13-23-2/h4-5,10-11,16H,6-9,12-13H2,1-3H3,(H,20,21). The number of methoxy groups -OCH3 is 2. The van der Waals surface area contributed by atoms with Gasteiger partial charge in [-0.05, 0) is 56.1 Å². The summed E-state index contributed by atoms with van der Waals surface area (Å²) in [5.74, 6) is 1.51. The third-order valence-corrected chi connectivity index (χ3v) is 4.91. The Hall–Kier alpha value is -1.85. The molecule has 0 spiro atoms. The molecule has 0 unspecified atom stereocenters. The van der Waals surface area contributed by atoms with E-state index in [-0.39, 0.29) is 0 Å². The predicted octanol–water partition coefficient (Wildman–Crippen LogP) is 3.25. The first-order valence-corrected chi connectivity index (χ1v) is 8.58. The number of aromatic amines is 1. The summed E-state index contributed by atoms with van der Waals surface area (Å²) in [7, 11) is 3.42. The smallest absolute Gasteiger partial charge is 0.124 e. The van der Waals surface area contributed by atoms with Crippen molar-refractivity contribution in [2.75, 3.05) is 27.3 Å². The molecule has 0 saturated carbocycles. The van der Waals surface area contributed by atoms with E-state index in [0.717, 1.165) is 30.9 Å². The molecule has 1 N–H and O–H groups in total. The number of hydrogen-bond donors (Lipinski definition) is 1. The maximum absolute atomic E-state index is 5.41. The number of aromatic nitrogens is 2. The molecular formula is C19H27N3O2. The normalized spacial score (nSPS) is 16.5. The van der Waals surface area contributed by atoms with Crippen molar-refractivity contribution in [3.05, 3.63) is 46.8 Å². The summed E-state index contributed by atoms with van der Waals surface area (Å²) in [4.78, 5) is 2.53. The third-order valence-electron chi connectivity index (χ3n) is 4.91. The number of H-pyrrole nitrogens is 1. The summed E-state index contributed by atoms with van der Waals surface area (Å²) in [5.41, 5.74) is 5.04. The minimum absolute atomic E-state index is 0.582. The van der Waals surface area contributed by atoms with Gasteiger partial charge in [0.15, 0.2) is 0 Å². The van der Waals surface area contributed by atoms with Crippen LogP contribution in [0.25, 0.3) is 0 Å². The van der Waals surface area contributed by atoms with E-state index >= 15 is 0 Å². The lowest BCUT2D eigenvalue weighted by molar-refractivity contribution is 0.181. The van der Waals surface area contributed by atoms with Gasteiger partial charge in [0.1, 0.15) is 5.75 Å². The lowest BCUT2D eigenvalue weighted by atomic mass is 9.91. The maximum atomic E-state index is 5.41. The van der Waals surface area contributed by atoms with E-state index in [0.29, 0.717) is 12.5 Å². The van der Waals surface area contributed by atoms with Crippen molar-refractivity contribution >= 4 is 0 Å². The summed E-state index contributed by atoms with van der Waals surface area (Å²) in [6, 6.07) is 6.40. The highest BCUT2D eigenvalue weighted by atomic mass is 16.5. The highest BCUT2D eigenvalue weighted by Gasteiger charge is 2.23. The van der Waals surface area contributed by atoms with Crippen molar-refractivity contribution < 1.29 is 9.47 Å². The van der Waals surface area contributed by atoms with Crippen molar-refractivity contribution in [2.45, 2.75) is 38.8 Å². The van der Waals surface area contributed by atoms with Crippen LogP contribution in [0.1, 0.15) is 41.1 Å². The zero-order valence-electron chi connectivity index (χ0n) is 14.8. The average molecular weight is 329 g/mol. The number of nitrogens with zero attached hydrogens (tertiary/aromatic N) is 2. The second-order valence-electron chi connectivity index (χ2n) is 6.60. The lowest BCUT2D eigenvalue weighted by Crippen LogP contribution is -2.32. The molecule has 3 rings (SSSR count). The zero-order chi connectivity index (χ0) is 16.9. The minimum atomic E-state index is 0.582. The predicted molar refractivity (Wildman–Crippen MR) is 94.3 cm³/mol. The first-order valence-electron chi connectivity index (χ1n) is 8.58. The summed E-state index contributed by atoms with van der Waals surface area (Å²) in [5, 5.41) is 7.34. The van der Waals surface area contributed by atoms with Gasteiger partial charge < -0.3 is 9.47 Å². The van der Waals surface area contributed by atoms with E-state index in [2.05, 4.69) is 34.2 Å². The third kappa shape index (κ3) is 3.79. The topological polar surface area (TPSA) is 50.4 Å². The molecule has 2 aromatic rings. The van der Waals surface area contributed by atoms with Gasteiger partial charge in [-0.15, -0.1) is 0 Å². The molecule has 0 radical (unpaired) electrons. The molecule has 24 heavy (non-hydrogen) atoms.